The van der Waals surface area contributed by atoms with E-state index in [0.717, 1.165) is 20.9 Å². The van der Waals surface area contributed by atoms with Crippen molar-refractivity contribution in [2.75, 3.05) is 7.11 Å². The second-order valence-electron chi connectivity index (χ2n) is 6.36. The quantitative estimate of drug-likeness (QED) is 0.545. The second-order valence-corrected chi connectivity index (χ2v) is 7.28. The van der Waals surface area contributed by atoms with Gasteiger partial charge in [0.2, 0.25) is 0 Å². The number of halogens is 1. The van der Waals surface area contributed by atoms with Gasteiger partial charge in [-0.2, -0.15) is 0 Å². The Morgan fingerprint density at radius 2 is 1.86 bits per heavy atom. The molecule has 0 bridgehead atoms. The Bertz CT molecular complexity index is 968. The number of fused-ring (bicyclic) bond motifs is 1. The smallest absolute Gasteiger partial charge is 0.328 e. The van der Waals surface area contributed by atoms with E-state index >= 15 is 0 Å². The third kappa shape index (κ3) is 4.72. The highest BCUT2D eigenvalue weighted by atomic mass is 79.9. The number of para-hydroxylation sites is 1. The van der Waals surface area contributed by atoms with Crippen molar-refractivity contribution in [3.05, 3.63) is 64.8 Å². The summed E-state index contributed by atoms with van der Waals surface area (Å²) >= 11 is 3.35. The molecule has 3 rings (SSSR count). The van der Waals surface area contributed by atoms with Gasteiger partial charge in [0, 0.05) is 28.0 Å². The van der Waals surface area contributed by atoms with Gasteiger partial charge in [-0.3, -0.25) is 4.79 Å². The van der Waals surface area contributed by atoms with Gasteiger partial charge in [-0.25, -0.2) is 4.79 Å². The number of methoxy groups -OCH3 is 1. The van der Waals surface area contributed by atoms with E-state index in [1.54, 1.807) is 19.1 Å². The fourth-order valence-electron chi connectivity index (χ4n) is 2.92. The average molecular weight is 445 g/mol. The van der Waals surface area contributed by atoms with Crippen LogP contribution in [0.25, 0.3) is 10.9 Å². The minimum Gasteiger partial charge on any atom is -0.481 e. The summed E-state index contributed by atoms with van der Waals surface area (Å²) < 4.78 is 11.5. The van der Waals surface area contributed by atoms with Gasteiger partial charge in [0.25, 0.3) is 5.91 Å². The van der Waals surface area contributed by atoms with Crippen LogP contribution < -0.4 is 10.1 Å². The molecule has 28 heavy (non-hydrogen) atoms. The van der Waals surface area contributed by atoms with Gasteiger partial charge in [0.1, 0.15) is 11.8 Å². The molecule has 0 aliphatic rings. The normalized spacial score (nSPS) is 13.0. The lowest BCUT2D eigenvalue weighted by Crippen LogP contribution is -2.47. The Morgan fingerprint density at radius 3 is 2.57 bits per heavy atom. The van der Waals surface area contributed by atoms with E-state index in [4.69, 9.17) is 9.47 Å². The number of carbonyl (C=O) groups excluding carboxylic acids is 2. The molecule has 7 heteroatoms. The van der Waals surface area contributed by atoms with Gasteiger partial charge in [-0.15, -0.1) is 0 Å². The first-order valence-corrected chi connectivity index (χ1v) is 9.62. The van der Waals surface area contributed by atoms with Crippen LogP contribution in [0, 0.1) is 0 Å². The van der Waals surface area contributed by atoms with Gasteiger partial charge < -0.3 is 19.8 Å². The van der Waals surface area contributed by atoms with Crippen molar-refractivity contribution in [1.82, 2.24) is 10.3 Å². The molecule has 0 aliphatic heterocycles. The van der Waals surface area contributed by atoms with E-state index in [-0.39, 0.29) is 0 Å². The zero-order valence-electron chi connectivity index (χ0n) is 15.6. The molecule has 0 saturated carbocycles. The highest BCUT2D eigenvalue weighted by Crippen LogP contribution is 2.20. The number of benzene rings is 2. The van der Waals surface area contributed by atoms with Crippen LogP contribution in [-0.4, -0.2) is 36.1 Å². The number of carbonyl (C=O) groups is 2. The fraction of sp³-hybridized carbons (Fsp3) is 0.238. The van der Waals surface area contributed by atoms with Crippen molar-refractivity contribution in [1.29, 1.82) is 0 Å². The first-order chi connectivity index (χ1) is 13.5. The topological polar surface area (TPSA) is 80.4 Å². The van der Waals surface area contributed by atoms with Crippen molar-refractivity contribution in [3.63, 3.8) is 0 Å². The summed E-state index contributed by atoms with van der Waals surface area (Å²) in [4.78, 5) is 28.0. The lowest BCUT2D eigenvalue weighted by atomic mass is 10.0. The maximum atomic E-state index is 12.6. The number of ether oxygens (including phenoxy) is 2. The molecule has 2 atom stereocenters. The number of esters is 1. The van der Waals surface area contributed by atoms with E-state index in [1.165, 1.54) is 7.11 Å². The second kappa shape index (κ2) is 8.93. The Kier molecular flexibility index (Phi) is 6.36. The van der Waals surface area contributed by atoms with Crippen molar-refractivity contribution in [2.45, 2.75) is 25.5 Å². The van der Waals surface area contributed by atoms with Crippen LogP contribution in [0.15, 0.2) is 59.2 Å². The standard InChI is InChI=1S/C21H21BrN2O4/c1-13(28-16-9-7-15(22)8-10-16)20(25)24-19(21(26)27-2)11-14-12-23-18-6-4-3-5-17(14)18/h3-10,12-13,19,23H,11H2,1-2H3,(H,24,25)/t13-,19+/m0/s1. The maximum Gasteiger partial charge on any atom is 0.328 e. The van der Waals surface area contributed by atoms with Crippen LogP contribution in [0.4, 0.5) is 0 Å². The van der Waals surface area contributed by atoms with Crippen LogP contribution >= 0.6 is 15.9 Å². The van der Waals surface area contributed by atoms with Gasteiger partial charge in [0.15, 0.2) is 6.10 Å². The third-order valence-electron chi connectivity index (χ3n) is 4.40. The molecule has 0 fully saturated rings. The zero-order chi connectivity index (χ0) is 20.1. The molecule has 0 aliphatic carbocycles. The van der Waals surface area contributed by atoms with E-state index < -0.39 is 24.0 Å². The predicted molar refractivity (Wildman–Crippen MR) is 110 cm³/mol. The van der Waals surface area contributed by atoms with Crippen LogP contribution in [-0.2, 0) is 20.7 Å². The van der Waals surface area contributed by atoms with E-state index in [2.05, 4.69) is 26.2 Å². The van der Waals surface area contributed by atoms with Crippen LogP contribution in [0.1, 0.15) is 12.5 Å². The summed E-state index contributed by atoms with van der Waals surface area (Å²) in [5.74, 6) is -0.329. The third-order valence-corrected chi connectivity index (χ3v) is 4.93. The Balaban J connectivity index is 1.70. The first kappa shape index (κ1) is 19.9. The average Bonchev–Trinajstić information content (AvgIpc) is 3.11. The van der Waals surface area contributed by atoms with Crippen molar-refractivity contribution in [3.8, 4) is 5.75 Å². The highest BCUT2D eigenvalue weighted by molar-refractivity contribution is 9.10. The summed E-state index contributed by atoms with van der Waals surface area (Å²) in [5.41, 5.74) is 1.90. The zero-order valence-corrected chi connectivity index (χ0v) is 17.2. The summed E-state index contributed by atoms with van der Waals surface area (Å²) in [6.45, 7) is 1.64. The minimum absolute atomic E-state index is 0.313. The number of H-pyrrole nitrogens is 1. The number of rotatable bonds is 7. The van der Waals surface area contributed by atoms with E-state index in [9.17, 15) is 9.59 Å². The lowest BCUT2D eigenvalue weighted by molar-refractivity contribution is -0.145. The molecular weight excluding hydrogens is 424 g/mol. The number of hydrogen-bond donors (Lipinski definition) is 2. The SMILES string of the molecule is COC(=O)[C@@H](Cc1c[nH]c2ccccc12)NC(=O)[C@H](C)Oc1ccc(Br)cc1. The molecular formula is C21H21BrN2O4. The molecule has 0 saturated heterocycles. The first-order valence-electron chi connectivity index (χ1n) is 8.83. The highest BCUT2D eigenvalue weighted by Gasteiger charge is 2.26. The molecule has 1 amide bonds. The molecule has 0 spiro atoms. The number of aromatic nitrogens is 1. The van der Waals surface area contributed by atoms with Crippen molar-refractivity contribution >= 4 is 38.7 Å². The van der Waals surface area contributed by atoms with Gasteiger partial charge in [-0.1, -0.05) is 34.1 Å². The predicted octanol–water partition coefficient (Wildman–Crippen LogP) is 3.60. The van der Waals surface area contributed by atoms with Gasteiger partial charge in [-0.05, 0) is 42.8 Å². The van der Waals surface area contributed by atoms with Gasteiger partial charge >= 0.3 is 5.97 Å². The van der Waals surface area contributed by atoms with Crippen LogP contribution in [0.5, 0.6) is 5.75 Å². The molecule has 0 unspecified atom stereocenters. The molecule has 2 aromatic carbocycles. The van der Waals surface area contributed by atoms with Crippen LogP contribution in [0.3, 0.4) is 0 Å². The van der Waals surface area contributed by atoms with E-state index in [0.29, 0.717) is 12.2 Å². The molecule has 1 aromatic heterocycles. The summed E-state index contributed by atoms with van der Waals surface area (Å²) in [5, 5.41) is 3.74. The van der Waals surface area contributed by atoms with Crippen LogP contribution in [0.2, 0.25) is 0 Å². The monoisotopic (exact) mass is 444 g/mol. The van der Waals surface area contributed by atoms with Crippen molar-refractivity contribution < 1.29 is 19.1 Å². The number of amides is 1. The molecule has 0 radical (unpaired) electrons. The number of nitrogens with one attached hydrogen (secondary N) is 2. The molecule has 1 heterocycles. The maximum absolute atomic E-state index is 12.6. The van der Waals surface area contributed by atoms with Gasteiger partial charge in [0.05, 0.1) is 7.11 Å². The minimum atomic E-state index is -0.812. The summed E-state index contributed by atoms with van der Waals surface area (Å²) in [7, 11) is 1.30. The Labute approximate surface area is 171 Å². The largest absolute Gasteiger partial charge is 0.481 e. The number of hydrogen-bond acceptors (Lipinski definition) is 4. The Hall–Kier alpha value is -2.80. The molecule has 2 N–H and O–H groups in total. The lowest BCUT2D eigenvalue weighted by Gasteiger charge is -2.20. The van der Waals surface area contributed by atoms with Crippen molar-refractivity contribution in [2.24, 2.45) is 0 Å². The van der Waals surface area contributed by atoms with E-state index in [1.807, 2.05) is 42.6 Å². The Morgan fingerprint density at radius 1 is 1.14 bits per heavy atom. The molecule has 6 nitrogen and oxygen atoms in total. The summed E-state index contributed by atoms with van der Waals surface area (Å²) in [6, 6.07) is 14.2. The number of aromatic amines is 1. The molecule has 146 valence electrons. The molecule has 3 aromatic rings. The fourth-order valence-corrected chi connectivity index (χ4v) is 3.18. The summed E-state index contributed by atoms with van der Waals surface area (Å²) in [6.07, 6.45) is 1.39.